The zero-order chi connectivity index (χ0) is 19.6. The molecule has 12 heteroatoms. The Hall–Kier alpha value is -2.55. The van der Waals surface area contributed by atoms with Gasteiger partial charge in [-0.1, -0.05) is 6.42 Å². The second-order valence-electron chi connectivity index (χ2n) is 5.23. The van der Waals surface area contributed by atoms with E-state index in [-0.39, 0.29) is 11.9 Å². The van der Waals surface area contributed by atoms with E-state index in [1.54, 1.807) is 0 Å². The number of aryl methyl sites for hydroxylation is 1. The molecule has 5 N–H and O–H groups in total. The maximum Gasteiger partial charge on any atom is 0.408 e. The molecule has 8 nitrogen and oxygen atoms in total. The van der Waals surface area contributed by atoms with Crippen LogP contribution in [0, 0.1) is 11.5 Å². The summed E-state index contributed by atoms with van der Waals surface area (Å²) < 4.78 is 36.2. The highest BCUT2D eigenvalue weighted by molar-refractivity contribution is 7.13. The molecule has 1 heterocycles. The zero-order valence-corrected chi connectivity index (χ0v) is 15.1. The van der Waals surface area contributed by atoms with Crippen LogP contribution < -0.4 is 16.8 Å². The smallest absolute Gasteiger partial charge is 0.370 e. The number of thiazole rings is 1. The fourth-order valence-electron chi connectivity index (χ4n) is 1.89. The number of unbranched alkanes of at least 4 members (excludes halogenated alkanes) is 2. The number of nitrogens with one attached hydrogen (secondary N) is 1. The van der Waals surface area contributed by atoms with Gasteiger partial charge in [0.05, 0.1) is 5.69 Å². The van der Waals surface area contributed by atoms with Crippen molar-refractivity contribution in [2.24, 2.45) is 21.5 Å². The Labute approximate surface area is 153 Å². The van der Waals surface area contributed by atoms with Crippen molar-refractivity contribution in [3.05, 3.63) is 11.1 Å². The maximum atomic E-state index is 12.1. The van der Waals surface area contributed by atoms with Crippen LogP contribution in [0.3, 0.4) is 0 Å². The van der Waals surface area contributed by atoms with Crippen LogP contribution in [-0.2, 0) is 6.42 Å². The molecule has 0 amide bonds. The first kappa shape index (κ1) is 21.5. The molecule has 0 aliphatic rings. The van der Waals surface area contributed by atoms with Crippen LogP contribution in [-0.4, -0.2) is 48.1 Å². The van der Waals surface area contributed by atoms with Gasteiger partial charge >= 0.3 is 6.18 Å². The monoisotopic (exact) mass is 390 g/mol. The third-order valence-electron chi connectivity index (χ3n) is 3.16. The van der Waals surface area contributed by atoms with Crippen molar-refractivity contribution in [1.82, 2.24) is 9.88 Å². The van der Waals surface area contributed by atoms with E-state index in [0.717, 1.165) is 25.0 Å². The molecule has 1 aromatic heterocycles. The minimum atomic E-state index is -4.39. The van der Waals surface area contributed by atoms with E-state index in [1.165, 1.54) is 23.3 Å². The van der Waals surface area contributed by atoms with Crippen LogP contribution in [0.2, 0.25) is 0 Å². The lowest BCUT2D eigenvalue weighted by Crippen LogP contribution is -2.34. The molecular weight excluding hydrogens is 369 g/mol. The Kier molecular flexibility index (Phi) is 8.63. The Bertz CT molecular complexity index is 662. The van der Waals surface area contributed by atoms with Crippen LogP contribution in [0.1, 0.15) is 25.0 Å². The number of hydrogen-bond donors (Lipinski definition) is 3. The number of aliphatic imine (C=N–C) groups is 2. The Morgan fingerprint density at radius 2 is 2.12 bits per heavy atom. The molecule has 144 valence electrons. The van der Waals surface area contributed by atoms with E-state index in [2.05, 4.69) is 20.3 Å². The number of halogens is 3. The quantitative estimate of drug-likeness (QED) is 0.204. The summed E-state index contributed by atoms with van der Waals surface area (Å²) in [7, 11) is 1.52. The second kappa shape index (κ2) is 10.4. The summed E-state index contributed by atoms with van der Waals surface area (Å²) >= 11 is 1.24. The van der Waals surface area contributed by atoms with E-state index < -0.39 is 12.7 Å². The van der Waals surface area contributed by atoms with Crippen molar-refractivity contribution in [2.75, 3.05) is 25.5 Å². The molecule has 0 atom stereocenters. The molecule has 26 heavy (non-hydrogen) atoms. The van der Waals surface area contributed by atoms with Crippen LogP contribution in [0.25, 0.3) is 0 Å². The van der Waals surface area contributed by atoms with Gasteiger partial charge < -0.3 is 16.8 Å². The predicted molar refractivity (Wildman–Crippen MR) is 95.7 cm³/mol. The van der Waals surface area contributed by atoms with E-state index in [1.807, 2.05) is 11.6 Å². The molecule has 1 aromatic rings. The summed E-state index contributed by atoms with van der Waals surface area (Å²) in [4.78, 5) is 12.5. The van der Waals surface area contributed by atoms with Gasteiger partial charge in [0.1, 0.15) is 6.54 Å². The van der Waals surface area contributed by atoms with E-state index in [4.69, 9.17) is 16.7 Å². The van der Waals surface area contributed by atoms with Gasteiger partial charge in [0.15, 0.2) is 17.3 Å². The number of rotatable bonds is 8. The lowest BCUT2D eigenvalue weighted by atomic mass is 10.1. The molecule has 0 aromatic carbocycles. The van der Waals surface area contributed by atoms with Gasteiger partial charge in [0.2, 0.25) is 5.96 Å². The third-order valence-corrected chi connectivity index (χ3v) is 3.96. The van der Waals surface area contributed by atoms with Crippen molar-refractivity contribution in [1.29, 1.82) is 5.26 Å². The number of hydrogen-bond acceptors (Lipinski definition) is 5. The third kappa shape index (κ3) is 8.52. The predicted octanol–water partition coefficient (Wildman–Crippen LogP) is 1.87. The Morgan fingerprint density at radius 1 is 1.38 bits per heavy atom. The molecule has 0 fully saturated rings. The van der Waals surface area contributed by atoms with Crippen LogP contribution in [0.15, 0.2) is 15.4 Å². The van der Waals surface area contributed by atoms with Gasteiger partial charge in [0.25, 0.3) is 0 Å². The number of anilines is 1. The molecule has 0 saturated heterocycles. The van der Waals surface area contributed by atoms with Crippen molar-refractivity contribution in [3.8, 4) is 6.19 Å². The molecule has 0 aliphatic heterocycles. The number of aromatic nitrogens is 1. The van der Waals surface area contributed by atoms with Crippen molar-refractivity contribution in [2.45, 2.75) is 31.9 Å². The highest BCUT2D eigenvalue weighted by Crippen LogP contribution is 2.18. The van der Waals surface area contributed by atoms with E-state index >= 15 is 0 Å². The summed E-state index contributed by atoms with van der Waals surface area (Å²) in [6.45, 7) is -0.840. The largest absolute Gasteiger partial charge is 0.408 e. The molecular formula is C14H21F3N8S. The van der Waals surface area contributed by atoms with Crippen molar-refractivity contribution < 1.29 is 13.2 Å². The summed E-state index contributed by atoms with van der Waals surface area (Å²) in [5.74, 6) is -0.137. The molecule has 0 saturated carbocycles. The number of nitrogens with two attached hydrogens (primary N) is 2. The zero-order valence-electron chi connectivity index (χ0n) is 14.3. The molecule has 1 rings (SSSR count). The lowest BCUT2D eigenvalue weighted by molar-refractivity contribution is -0.118. The van der Waals surface area contributed by atoms with Gasteiger partial charge in [-0.15, -0.1) is 11.3 Å². The first-order valence-electron chi connectivity index (χ1n) is 7.72. The molecule has 0 radical (unpaired) electrons. The van der Waals surface area contributed by atoms with Gasteiger partial charge in [-0.3, -0.25) is 4.99 Å². The average molecular weight is 390 g/mol. The lowest BCUT2D eigenvalue weighted by Gasteiger charge is -2.13. The summed E-state index contributed by atoms with van der Waals surface area (Å²) in [5, 5.41) is 13.7. The van der Waals surface area contributed by atoms with Crippen LogP contribution in [0.5, 0.6) is 0 Å². The number of nitriles is 1. The first-order valence-corrected chi connectivity index (χ1v) is 8.60. The normalized spacial score (nSPS) is 12.7. The topological polar surface area (TPSA) is 129 Å². The summed E-state index contributed by atoms with van der Waals surface area (Å²) in [6.07, 6.45) is 0.774. The van der Waals surface area contributed by atoms with Gasteiger partial charge in [-0.25, -0.2) is 14.9 Å². The fourth-order valence-corrected chi connectivity index (χ4v) is 2.64. The standard InChI is InChI=1S/C14H21F3N8S/c1-21-12(20)25(9-18)6-4-2-3-5-10-7-26-13(23-10)24-11(19)22-8-14(15,16)17/h7H,2-6,8H2,1H3,(H2,20,21)(H3,19,22,23,24). The Morgan fingerprint density at radius 3 is 2.73 bits per heavy atom. The maximum absolute atomic E-state index is 12.1. The second-order valence-corrected chi connectivity index (χ2v) is 6.09. The number of nitrogens with zero attached hydrogens (tertiary/aromatic N) is 5. The van der Waals surface area contributed by atoms with Gasteiger partial charge in [-0.2, -0.15) is 18.4 Å². The van der Waals surface area contributed by atoms with Crippen LogP contribution in [0.4, 0.5) is 18.3 Å². The fraction of sp³-hybridized carbons (Fsp3) is 0.571. The van der Waals surface area contributed by atoms with E-state index in [0.29, 0.717) is 18.1 Å². The highest BCUT2D eigenvalue weighted by Gasteiger charge is 2.26. The van der Waals surface area contributed by atoms with Crippen molar-refractivity contribution in [3.63, 3.8) is 0 Å². The van der Waals surface area contributed by atoms with Crippen molar-refractivity contribution >= 4 is 28.4 Å². The first-order chi connectivity index (χ1) is 12.2. The van der Waals surface area contributed by atoms with Gasteiger partial charge in [-0.05, 0) is 19.3 Å². The minimum absolute atomic E-state index is 0.187. The molecule has 0 spiro atoms. The molecule has 0 unspecified atom stereocenters. The highest BCUT2D eigenvalue weighted by atomic mass is 32.1. The number of guanidine groups is 2. The minimum Gasteiger partial charge on any atom is -0.370 e. The summed E-state index contributed by atoms with van der Waals surface area (Å²) in [5.41, 5.74) is 11.8. The number of alkyl halides is 3. The summed E-state index contributed by atoms with van der Waals surface area (Å²) in [6, 6.07) is 0. The average Bonchev–Trinajstić information content (AvgIpc) is 3.02. The van der Waals surface area contributed by atoms with Gasteiger partial charge in [0, 0.05) is 19.0 Å². The van der Waals surface area contributed by atoms with E-state index in [9.17, 15) is 13.2 Å². The molecule has 0 aliphatic carbocycles. The van der Waals surface area contributed by atoms with Crippen LogP contribution >= 0.6 is 11.3 Å². The SMILES string of the molecule is CN=C(N)N(C#N)CCCCCc1csc(NC(N)=NCC(F)(F)F)n1. The Balaban J connectivity index is 2.33. The molecule has 0 bridgehead atoms.